The van der Waals surface area contributed by atoms with E-state index in [1.807, 2.05) is 32.9 Å². The number of aryl methyl sites for hydroxylation is 1. The van der Waals surface area contributed by atoms with Gasteiger partial charge in [0.15, 0.2) is 6.61 Å². The van der Waals surface area contributed by atoms with Crippen molar-refractivity contribution in [2.45, 2.75) is 31.6 Å². The van der Waals surface area contributed by atoms with Crippen molar-refractivity contribution in [3.8, 4) is 5.75 Å². The van der Waals surface area contributed by atoms with E-state index < -0.39 is 28.4 Å². The lowest BCUT2D eigenvalue weighted by molar-refractivity contribution is -0.142. The predicted molar refractivity (Wildman–Crippen MR) is 146 cm³/mol. The first-order chi connectivity index (χ1) is 18.1. The van der Waals surface area contributed by atoms with Crippen molar-refractivity contribution in [1.29, 1.82) is 0 Å². The van der Waals surface area contributed by atoms with E-state index in [0.717, 1.165) is 15.4 Å². The topological polar surface area (TPSA) is 114 Å². The second kappa shape index (κ2) is 12.9. The molecule has 0 saturated carbocycles. The summed E-state index contributed by atoms with van der Waals surface area (Å²) in [5.74, 6) is -0.442. The van der Waals surface area contributed by atoms with Crippen LogP contribution in [-0.2, 0) is 24.3 Å². The van der Waals surface area contributed by atoms with Crippen molar-refractivity contribution in [1.82, 2.24) is 5.43 Å². The largest absolute Gasteiger partial charge is 0.482 e. The number of amides is 1. The Labute approximate surface area is 223 Å². The molecule has 0 unspecified atom stereocenters. The van der Waals surface area contributed by atoms with Crippen LogP contribution in [0.25, 0.3) is 0 Å². The summed E-state index contributed by atoms with van der Waals surface area (Å²) in [7, 11) is -2.76. The first kappa shape index (κ1) is 28.4. The molecule has 3 aromatic carbocycles. The first-order valence-electron chi connectivity index (χ1n) is 11.9. The fraction of sp³-hybridized carbons (Fsp3) is 0.250. The maximum atomic E-state index is 13.5. The second-order valence-electron chi connectivity index (χ2n) is 8.80. The lowest BCUT2D eigenvalue weighted by Gasteiger charge is -2.24. The Morgan fingerprint density at radius 3 is 2.34 bits per heavy atom. The SMILES string of the molecule is COC(=O)COc1cccc(/C=N\NC(=O)CN(c2ccc(C(C)C)cc2)S(=O)(=O)c2ccc(C)cc2)c1. The van der Waals surface area contributed by atoms with Crippen LogP contribution in [-0.4, -0.2) is 46.8 Å². The molecule has 0 heterocycles. The van der Waals surface area contributed by atoms with Gasteiger partial charge in [0, 0.05) is 0 Å². The molecule has 0 aliphatic carbocycles. The Bertz CT molecular complexity index is 1380. The molecule has 1 amide bonds. The summed E-state index contributed by atoms with van der Waals surface area (Å²) in [5, 5.41) is 3.95. The van der Waals surface area contributed by atoms with Gasteiger partial charge in [0.25, 0.3) is 15.9 Å². The molecule has 38 heavy (non-hydrogen) atoms. The fourth-order valence-electron chi connectivity index (χ4n) is 3.41. The summed E-state index contributed by atoms with van der Waals surface area (Å²) in [4.78, 5) is 24.1. The van der Waals surface area contributed by atoms with Crippen molar-refractivity contribution >= 4 is 33.8 Å². The molecule has 0 aromatic heterocycles. The third-order valence-electron chi connectivity index (χ3n) is 5.59. The number of methoxy groups -OCH3 is 1. The van der Waals surface area contributed by atoms with Gasteiger partial charge >= 0.3 is 5.97 Å². The minimum Gasteiger partial charge on any atom is -0.482 e. The minimum atomic E-state index is -4.03. The van der Waals surface area contributed by atoms with E-state index in [0.29, 0.717) is 17.0 Å². The highest BCUT2D eigenvalue weighted by atomic mass is 32.2. The van der Waals surface area contributed by atoms with Gasteiger partial charge in [0.1, 0.15) is 12.3 Å². The molecule has 0 aliphatic rings. The van der Waals surface area contributed by atoms with Crippen molar-refractivity contribution < 1.29 is 27.5 Å². The third-order valence-corrected chi connectivity index (χ3v) is 7.38. The van der Waals surface area contributed by atoms with Crippen LogP contribution in [0.15, 0.2) is 82.8 Å². The molecule has 0 fully saturated rings. The molecule has 9 nitrogen and oxygen atoms in total. The molecule has 1 N–H and O–H groups in total. The Morgan fingerprint density at radius 2 is 1.71 bits per heavy atom. The Morgan fingerprint density at radius 1 is 1.03 bits per heavy atom. The van der Waals surface area contributed by atoms with Crippen LogP contribution in [0.3, 0.4) is 0 Å². The average Bonchev–Trinajstić information content (AvgIpc) is 2.91. The highest BCUT2D eigenvalue weighted by Gasteiger charge is 2.27. The molecule has 3 rings (SSSR count). The number of carbonyl (C=O) groups is 2. The summed E-state index contributed by atoms with van der Waals surface area (Å²) in [6.45, 7) is 5.24. The Kier molecular flexibility index (Phi) is 9.61. The van der Waals surface area contributed by atoms with Crippen LogP contribution in [0.4, 0.5) is 5.69 Å². The van der Waals surface area contributed by atoms with Gasteiger partial charge in [0.05, 0.1) is 23.9 Å². The van der Waals surface area contributed by atoms with Gasteiger partial charge in [-0.25, -0.2) is 18.6 Å². The monoisotopic (exact) mass is 537 g/mol. The standard InChI is InChI=1S/C28H31N3O6S/c1-20(2)23-10-12-24(13-11-23)31(38(34,35)26-14-8-21(3)9-15-26)18-27(32)30-29-17-22-6-5-7-25(16-22)37-19-28(33)36-4/h5-17,20H,18-19H2,1-4H3,(H,30,32)/b29-17-. The zero-order chi connectivity index (χ0) is 27.7. The summed E-state index contributed by atoms with van der Waals surface area (Å²) in [6, 6.07) is 20.3. The summed E-state index contributed by atoms with van der Waals surface area (Å²) < 4.78 is 38.0. The van der Waals surface area contributed by atoms with Crippen LogP contribution in [0.1, 0.15) is 36.5 Å². The molecule has 3 aromatic rings. The number of benzene rings is 3. The second-order valence-corrected chi connectivity index (χ2v) is 10.7. The lowest BCUT2D eigenvalue weighted by Crippen LogP contribution is -2.39. The van der Waals surface area contributed by atoms with E-state index >= 15 is 0 Å². The number of ether oxygens (including phenoxy) is 2. The first-order valence-corrected chi connectivity index (χ1v) is 13.3. The molecular formula is C28H31N3O6S. The van der Waals surface area contributed by atoms with Crippen molar-refractivity contribution in [3.63, 3.8) is 0 Å². The van der Waals surface area contributed by atoms with Crippen molar-refractivity contribution in [2.24, 2.45) is 5.10 Å². The number of hydrazone groups is 1. The number of esters is 1. The molecule has 0 radical (unpaired) electrons. The smallest absolute Gasteiger partial charge is 0.343 e. The van der Waals surface area contributed by atoms with Crippen LogP contribution in [0.5, 0.6) is 5.75 Å². The highest BCUT2D eigenvalue weighted by Crippen LogP contribution is 2.26. The lowest BCUT2D eigenvalue weighted by atomic mass is 10.0. The van der Waals surface area contributed by atoms with Gasteiger partial charge in [-0.1, -0.05) is 55.8 Å². The van der Waals surface area contributed by atoms with Crippen molar-refractivity contribution in [2.75, 3.05) is 24.6 Å². The normalized spacial score (nSPS) is 11.4. The average molecular weight is 538 g/mol. The van der Waals surface area contributed by atoms with Gasteiger partial charge in [-0.05, 0) is 60.4 Å². The van der Waals surface area contributed by atoms with Gasteiger partial charge < -0.3 is 9.47 Å². The highest BCUT2D eigenvalue weighted by molar-refractivity contribution is 7.92. The summed E-state index contributed by atoms with van der Waals surface area (Å²) in [6.07, 6.45) is 1.39. The number of hydrogen-bond donors (Lipinski definition) is 1. The molecule has 10 heteroatoms. The fourth-order valence-corrected chi connectivity index (χ4v) is 4.83. The molecule has 0 saturated heterocycles. The third kappa shape index (κ3) is 7.66. The Balaban J connectivity index is 1.77. The maximum Gasteiger partial charge on any atom is 0.343 e. The molecule has 0 bridgehead atoms. The molecular weight excluding hydrogens is 506 g/mol. The Hall–Kier alpha value is -4.18. The van der Waals surface area contributed by atoms with Crippen LogP contribution in [0, 0.1) is 6.92 Å². The van der Waals surface area contributed by atoms with Gasteiger partial charge in [-0.15, -0.1) is 0 Å². The van der Waals surface area contributed by atoms with E-state index in [-0.39, 0.29) is 17.4 Å². The zero-order valence-corrected chi connectivity index (χ0v) is 22.6. The van der Waals surface area contributed by atoms with E-state index in [9.17, 15) is 18.0 Å². The van der Waals surface area contributed by atoms with Crippen LogP contribution < -0.4 is 14.5 Å². The van der Waals surface area contributed by atoms with Crippen LogP contribution >= 0.6 is 0 Å². The number of carbonyl (C=O) groups excluding carboxylic acids is 2. The van der Waals surface area contributed by atoms with Crippen molar-refractivity contribution in [3.05, 3.63) is 89.5 Å². The summed E-state index contributed by atoms with van der Waals surface area (Å²) >= 11 is 0. The van der Waals surface area contributed by atoms with E-state index in [1.54, 1.807) is 48.5 Å². The van der Waals surface area contributed by atoms with Crippen LogP contribution in [0.2, 0.25) is 0 Å². The number of rotatable bonds is 11. The van der Waals surface area contributed by atoms with Gasteiger partial charge in [-0.3, -0.25) is 9.10 Å². The molecule has 0 aliphatic heterocycles. The van der Waals surface area contributed by atoms with E-state index in [2.05, 4.69) is 15.3 Å². The van der Waals surface area contributed by atoms with Gasteiger partial charge in [0.2, 0.25) is 0 Å². The summed E-state index contributed by atoms with van der Waals surface area (Å²) in [5.41, 5.74) is 5.31. The van der Waals surface area contributed by atoms with Gasteiger partial charge in [-0.2, -0.15) is 5.10 Å². The molecule has 0 atom stereocenters. The van der Waals surface area contributed by atoms with E-state index in [1.165, 1.54) is 25.5 Å². The quantitative estimate of drug-likeness (QED) is 0.225. The number of sulfonamides is 1. The predicted octanol–water partition coefficient (Wildman–Crippen LogP) is 4.02. The minimum absolute atomic E-state index is 0.0797. The molecule has 0 spiro atoms. The number of hydrogen-bond acceptors (Lipinski definition) is 7. The molecule has 200 valence electrons. The number of nitrogens with zero attached hydrogens (tertiary/aromatic N) is 2. The number of nitrogens with one attached hydrogen (secondary N) is 1. The zero-order valence-electron chi connectivity index (χ0n) is 21.7. The number of anilines is 1. The maximum absolute atomic E-state index is 13.5. The van der Waals surface area contributed by atoms with E-state index in [4.69, 9.17) is 4.74 Å².